The first-order valence-electron chi connectivity index (χ1n) is 9.64. The molecule has 1 saturated heterocycles. The van der Waals surface area contributed by atoms with Crippen molar-refractivity contribution in [2.45, 2.75) is 35.9 Å². The maximum Gasteiger partial charge on any atom is 0.419 e. The summed E-state index contributed by atoms with van der Waals surface area (Å²) >= 11 is 4.55. The lowest BCUT2D eigenvalue weighted by atomic mass is 10.1. The van der Waals surface area contributed by atoms with Crippen LogP contribution in [0, 0.1) is 0 Å². The molecular formula is C19H21BrF3N3O3S2. The van der Waals surface area contributed by atoms with E-state index in [2.05, 4.69) is 26.0 Å². The third-order valence-electron chi connectivity index (χ3n) is 5.25. The van der Waals surface area contributed by atoms with Crippen LogP contribution in [0.2, 0.25) is 0 Å². The molecule has 0 bridgehead atoms. The number of likely N-dealkylation sites (tertiary alicyclic amines) is 1. The Hall–Kier alpha value is -1.34. The molecular weight excluding hydrogens is 519 g/mol. The number of fused-ring (bicyclic) bond motifs is 1. The molecule has 1 aromatic carbocycles. The first-order valence-corrected chi connectivity index (χ1v) is 12.7. The summed E-state index contributed by atoms with van der Waals surface area (Å²) in [5.74, 6) is -0.373. The molecule has 6 nitrogen and oxygen atoms in total. The zero-order valence-corrected chi connectivity index (χ0v) is 19.8. The van der Waals surface area contributed by atoms with Gasteiger partial charge in [-0.2, -0.15) is 13.2 Å². The predicted molar refractivity (Wildman–Crippen MR) is 116 cm³/mol. The molecule has 2 aromatic rings. The van der Waals surface area contributed by atoms with Crippen molar-refractivity contribution in [1.29, 1.82) is 0 Å². The number of nitrogens with zero attached hydrogens (tertiary/aromatic N) is 1. The quantitative estimate of drug-likeness (QED) is 0.599. The van der Waals surface area contributed by atoms with Crippen LogP contribution in [-0.4, -0.2) is 46.1 Å². The number of thiophene rings is 1. The van der Waals surface area contributed by atoms with E-state index in [1.807, 2.05) is 11.9 Å². The van der Waals surface area contributed by atoms with Crippen molar-refractivity contribution in [2.24, 2.45) is 0 Å². The third kappa shape index (κ3) is 4.87. The SMILES string of the molecule is CN1CCC(Oc2cc(NS(=O)(=O)c3sc4c(c3Br)CNCC4)ccc2C(F)(F)F)C1. The average Bonchev–Trinajstić information content (AvgIpc) is 3.24. The van der Waals surface area contributed by atoms with Crippen LogP contribution in [0.4, 0.5) is 18.9 Å². The Morgan fingerprint density at radius 1 is 1.35 bits per heavy atom. The van der Waals surface area contributed by atoms with Gasteiger partial charge < -0.3 is 15.0 Å². The van der Waals surface area contributed by atoms with Crippen molar-refractivity contribution in [3.8, 4) is 5.75 Å². The Balaban J connectivity index is 1.63. The van der Waals surface area contributed by atoms with Crippen molar-refractivity contribution < 1.29 is 26.3 Å². The Labute approximate surface area is 190 Å². The molecule has 170 valence electrons. The summed E-state index contributed by atoms with van der Waals surface area (Å²) in [6.07, 6.45) is -3.67. The van der Waals surface area contributed by atoms with E-state index in [1.54, 1.807) is 0 Å². The van der Waals surface area contributed by atoms with Gasteiger partial charge in [-0.05, 0) is 53.5 Å². The summed E-state index contributed by atoms with van der Waals surface area (Å²) in [6, 6.07) is 3.07. The molecule has 1 unspecified atom stereocenters. The van der Waals surface area contributed by atoms with Crippen molar-refractivity contribution >= 4 is 43.0 Å². The normalized spacial score (nSPS) is 20.0. The molecule has 0 spiro atoms. The number of benzene rings is 1. The number of anilines is 1. The fourth-order valence-corrected chi connectivity index (χ4v) is 7.81. The summed E-state index contributed by atoms with van der Waals surface area (Å²) < 4.78 is 75.1. The number of halogens is 4. The monoisotopic (exact) mass is 539 g/mol. The van der Waals surface area contributed by atoms with E-state index >= 15 is 0 Å². The van der Waals surface area contributed by atoms with Crippen molar-refractivity contribution in [3.63, 3.8) is 0 Å². The highest BCUT2D eigenvalue weighted by atomic mass is 79.9. The molecule has 2 aliphatic rings. The minimum Gasteiger partial charge on any atom is -0.488 e. The van der Waals surface area contributed by atoms with Gasteiger partial charge in [-0.15, -0.1) is 11.3 Å². The fourth-order valence-electron chi connectivity index (χ4n) is 3.72. The second-order valence-corrected chi connectivity index (χ2v) is 11.4. The zero-order chi connectivity index (χ0) is 22.4. The number of alkyl halides is 3. The minimum atomic E-state index is -4.61. The van der Waals surface area contributed by atoms with E-state index in [0.29, 0.717) is 24.0 Å². The van der Waals surface area contributed by atoms with Crippen molar-refractivity contribution in [2.75, 3.05) is 31.4 Å². The van der Waals surface area contributed by atoms with E-state index in [0.717, 1.165) is 48.2 Å². The number of likely N-dealkylation sites (N-methyl/N-ethyl adjacent to an activating group) is 1. The summed E-state index contributed by atoms with van der Waals surface area (Å²) in [4.78, 5) is 2.95. The van der Waals surface area contributed by atoms with Gasteiger partial charge in [-0.25, -0.2) is 8.42 Å². The molecule has 0 amide bonds. The van der Waals surface area contributed by atoms with Crippen molar-refractivity contribution in [1.82, 2.24) is 10.2 Å². The van der Waals surface area contributed by atoms with E-state index in [9.17, 15) is 21.6 Å². The molecule has 2 N–H and O–H groups in total. The predicted octanol–water partition coefficient (Wildman–Crippen LogP) is 4.06. The van der Waals surface area contributed by atoms with Crippen LogP contribution < -0.4 is 14.8 Å². The van der Waals surface area contributed by atoms with Crippen LogP contribution in [0.25, 0.3) is 0 Å². The lowest BCUT2D eigenvalue weighted by Gasteiger charge is -2.19. The number of rotatable bonds is 5. The highest BCUT2D eigenvalue weighted by molar-refractivity contribution is 9.10. The van der Waals surface area contributed by atoms with Crippen LogP contribution in [0.1, 0.15) is 22.4 Å². The molecule has 0 radical (unpaired) electrons. The number of hydrogen-bond donors (Lipinski definition) is 2. The molecule has 31 heavy (non-hydrogen) atoms. The summed E-state index contributed by atoms with van der Waals surface area (Å²) in [5.41, 5.74) is -0.00647. The topological polar surface area (TPSA) is 70.7 Å². The standard InChI is InChI=1S/C19H21BrF3N3O3S2/c1-26-7-5-12(10-26)29-15-8-11(2-3-14(15)19(21,22)23)25-31(27,28)18-17(20)13-9-24-6-4-16(13)30-18/h2-3,8,12,24-25H,4-7,9-10H2,1H3. The van der Waals surface area contributed by atoms with E-state index in [-0.39, 0.29) is 21.8 Å². The number of nitrogens with one attached hydrogen (secondary N) is 2. The molecule has 1 fully saturated rings. The Kier molecular flexibility index (Phi) is 6.29. The molecule has 2 aliphatic heterocycles. The van der Waals surface area contributed by atoms with Crippen LogP contribution in [-0.2, 0) is 29.2 Å². The van der Waals surface area contributed by atoms with Gasteiger partial charge in [0.15, 0.2) is 4.21 Å². The number of hydrogen-bond acceptors (Lipinski definition) is 6. The second-order valence-electron chi connectivity index (χ2n) is 7.64. The van der Waals surface area contributed by atoms with Gasteiger partial charge in [0.05, 0.1) is 15.7 Å². The van der Waals surface area contributed by atoms with Gasteiger partial charge in [0.25, 0.3) is 10.0 Å². The molecule has 0 aliphatic carbocycles. The summed E-state index contributed by atoms with van der Waals surface area (Å²) in [5, 5.41) is 3.20. The molecule has 1 atom stereocenters. The third-order valence-corrected chi connectivity index (χ3v) is 9.84. The maximum atomic E-state index is 13.5. The molecule has 12 heteroatoms. The van der Waals surface area contributed by atoms with Gasteiger partial charge in [-0.1, -0.05) is 0 Å². The van der Waals surface area contributed by atoms with Gasteiger partial charge in [0.1, 0.15) is 11.9 Å². The Bertz CT molecular complexity index is 1090. The van der Waals surface area contributed by atoms with E-state index in [1.165, 1.54) is 11.3 Å². The fraction of sp³-hybridized carbons (Fsp3) is 0.474. The van der Waals surface area contributed by atoms with Gasteiger partial charge >= 0.3 is 6.18 Å². The number of ether oxygens (including phenoxy) is 1. The lowest BCUT2D eigenvalue weighted by molar-refractivity contribution is -0.139. The zero-order valence-electron chi connectivity index (χ0n) is 16.6. The summed E-state index contributed by atoms with van der Waals surface area (Å²) in [6.45, 7) is 2.57. The largest absolute Gasteiger partial charge is 0.488 e. The lowest BCUT2D eigenvalue weighted by Crippen LogP contribution is -2.23. The second kappa shape index (κ2) is 8.54. The summed E-state index contributed by atoms with van der Waals surface area (Å²) in [7, 11) is -2.12. The minimum absolute atomic E-state index is 0.0192. The first kappa shape index (κ1) is 22.8. The Morgan fingerprint density at radius 3 is 2.77 bits per heavy atom. The molecule has 0 saturated carbocycles. The van der Waals surface area contributed by atoms with Crippen LogP contribution in [0.15, 0.2) is 26.9 Å². The van der Waals surface area contributed by atoms with Crippen LogP contribution in [0.5, 0.6) is 5.75 Å². The van der Waals surface area contributed by atoms with Gasteiger partial charge in [0, 0.05) is 37.1 Å². The highest BCUT2D eigenvalue weighted by Crippen LogP contribution is 2.41. The molecule has 1 aromatic heterocycles. The van der Waals surface area contributed by atoms with Gasteiger partial charge in [-0.3, -0.25) is 4.72 Å². The van der Waals surface area contributed by atoms with E-state index in [4.69, 9.17) is 4.74 Å². The average molecular weight is 540 g/mol. The molecule has 4 rings (SSSR count). The van der Waals surface area contributed by atoms with Crippen LogP contribution >= 0.6 is 27.3 Å². The maximum absolute atomic E-state index is 13.5. The van der Waals surface area contributed by atoms with Gasteiger partial charge in [0.2, 0.25) is 0 Å². The van der Waals surface area contributed by atoms with E-state index < -0.39 is 21.8 Å². The molecule has 3 heterocycles. The highest BCUT2D eigenvalue weighted by Gasteiger charge is 2.36. The smallest absolute Gasteiger partial charge is 0.419 e. The Morgan fingerprint density at radius 2 is 2.13 bits per heavy atom. The first-order chi connectivity index (χ1) is 14.5. The van der Waals surface area contributed by atoms with Crippen molar-refractivity contribution in [3.05, 3.63) is 38.7 Å². The van der Waals surface area contributed by atoms with Crippen LogP contribution in [0.3, 0.4) is 0 Å². The number of sulfonamides is 1.